The van der Waals surface area contributed by atoms with Crippen molar-refractivity contribution in [3.63, 3.8) is 0 Å². The molecular weight excluding hydrogens is 250 g/mol. The number of oxime groups is 1. The molecule has 5 heteroatoms. The molecule has 0 amide bonds. The van der Waals surface area contributed by atoms with Crippen LogP contribution < -0.4 is 10.6 Å². The summed E-state index contributed by atoms with van der Waals surface area (Å²) in [5.74, 6) is 0.128. The third kappa shape index (κ3) is 2.38. The highest BCUT2D eigenvalue weighted by molar-refractivity contribution is 6.31. The summed E-state index contributed by atoms with van der Waals surface area (Å²) in [6.45, 7) is 3.17. The van der Waals surface area contributed by atoms with Crippen LogP contribution in [-0.4, -0.2) is 23.6 Å². The highest BCUT2D eigenvalue weighted by atomic mass is 35.5. The second-order valence-corrected chi connectivity index (χ2v) is 4.98. The third-order valence-corrected chi connectivity index (χ3v) is 3.74. The lowest BCUT2D eigenvalue weighted by Gasteiger charge is -2.28. The van der Waals surface area contributed by atoms with Gasteiger partial charge in [0.15, 0.2) is 5.84 Å². The number of rotatable bonds is 3. The molecule has 0 saturated carbocycles. The van der Waals surface area contributed by atoms with Crippen LogP contribution >= 0.6 is 11.6 Å². The lowest BCUT2D eigenvalue weighted by molar-refractivity contribution is 0.318. The fourth-order valence-corrected chi connectivity index (χ4v) is 2.76. The molecule has 1 heterocycles. The second-order valence-electron chi connectivity index (χ2n) is 4.54. The van der Waals surface area contributed by atoms with E-state index in [0.717, 1.165) is 24.2 Å². The van der Waals surface area contributed by atoms with Gasteiger partial charge in [0.25, 0.3) is 0 Å². The molecule has 4 nitrogen and oxygen atoms in total. The number of hydrogen-bond acceptors (Lipinski definition) is 3. The zero-order valence-corrected chi connectivity index (χ0v) is 11.2. The van der Waals surface area contributed by atoms with Crippen LogP contribution in [0.3, 0.4) is 0 Å². The Labute approximate surface area is 112 Å². The average Bonchev–Trinajstić information content (AvgIpc) is 2.85. The third-order valence-electron chi connectivity index (χ3n) is 3.50. The minimum absolute atomic E-state index is 0.128. The molecule has 1 aliphatic heterocycles. The molecule has 1 atom stereocenters. The van der Waals surface area contributed by atoms with Gasteiger partial charge in [0, 0.05) is 28.9 Å². The Morgan fingerprint density at radius 1 is 1.61 bits per heavy atom. The molecule has 18 heavy (non-hydrogen) atoms. The molecular formula is C13H18ClN3O. The van der Waals surface area contributed by atoms with Gasteiger partial charge in [0.1, 0.15) is 0 Å². The van der Waals surface area contributed by atoms with Crippen molar-refractivity contribution in [3.8, 4) is 0 Å². The monoisotopic (exact) mass is 267 g/mol. The quantitative estimate of drug-likeness (QED) is 0.383. The first kappa shape index (κ1) is 13.0. The maximum absolute atomic E-state index is 8.86. The molecule has 0 radical (unpaired) electrons. The summed E-state index contributed by atoms with van der Waals surface area (Å²) in [7, 11) is 0. The number of nitrogens with zero attached hydrogens (tertiary/aromatic N) is 2. The molecule has 0 aromatic heterocycles. The van der Waals surface area contributed by atoms with Gasteiger partial charge in [-0.25, -0.2) is 0 Å². The van der Waals surface area contributed by atoms with E-state index in [0.29, 0.717) is 11.1 Å². The number of hydrogen-bond donors (Lipinski definition) is 2. The molecule has 2 rings (SSSR count). The molecule has 1 fully saturated rings. The van der Waals surface area contributed by atoms with Crippen molar-refractivity contribution in [1.29, 1.82) is 0 Å². The van der Waals surface area contributed by atoms with Gasteiger partial charge in [0.05, 0.1) is 0 Å². The van der Waals surface area contributed by atoms with E-state index in [1.807, 2.05) is 6.07 Å². The Hall–Kier alpha value is -1.42. The van der Waals surface area contributed by atoms with E-state index in [1.54, 1.807) is 12.1 Å². The summed E-state index contributed by atoms with van der Waals surface area (Å²) >= 11 is 6.06. The van der Waals surface area contributed by atoms with Gasteiger partial charge >= 0.3 is 0 Å². The molecule has 1 unspecified atom stereocenters. The minimum Gasteiger partial charge on any atom is -0.409 e. The largest absolute Gasteiger partial charge is 0.409 e. The Kier molecular flexibility index (Phi) is 3.97. The molecule has 1 saturated heterocycles. The summed E-state index contributed by atoms with van der Waals surface area (Å²) in [5.41, 5.74) is 7.43. The number of anilines is 1. The van der Waals surface area contributed by atoms with Gasteiger partial charge in [-0.3, -0.25) is 0 Å². The van der Waals surface area contributed by atoms with Crippen LogP contribution in [0.2, 0.25) is 5.02 Å². The lowest BCUT2D eigenvalue weighted by atomic mass is 10.1. The Bertz CT molecular complexity index is 462. The number of nitrogens with two attached hydrogens (primary N) is 1. The van der Waals surface area contributed by atoms with Gasteiger partial charge in [-0.1, -0.05) is 23.7 Å². The average molecular weight is 268 g/mol. The molecule has 98 valence electrons. The van der Waals surface area contributed by atoms with Gasteiger partial charge in [-0.2, -0.15) is 0 Å². The molecule has 0 aliphatic carbocycles. The smallest absolute Gasteiger partial charge is 0.172 e. The SMILES string of the molecule is CCC1CCCN1c1cc(Cl)ccc1/C(N)=N/O. The highest BCUT2D eigenvalue weighted by Crippen LogP contribution is 2.32. The minimum atomic E-state index is 0.128. The standard InChI is InChI=1S/C13H18ClN3O/c1-2-10-4-3-7-17(10)12-8-9(14)5-6-11(12)13(15)16-18/h5-6,8,10,18H,2-4,7H2,1H3,(H2,15,16). The number of amidine groups is 1. The van der Waals surface area contributed by atoms with Crippen molar-refractivity contribution in [2.75, 3.05) is 11.4 Å². The molecule has 3 N–H and O–H groups in total. The van der Waals surface area contributed by atoms with E-state index < -0.39 is 0 Å². The van der Waals surface area contributed by atoms with Crippen molar-refractivity contribution in [2.45, 2.75) is 32.2 Å². The molecule has 1 aromatic rings. The van der Waals surface area contributed by atoms with E-state index in [1.165, 1.54) is 12.8 Å². The Morgan fingerprint density at radius 2 is 2.39 bits per heavy atom. The van der Waals surface area contributed by atoms with Crippen molar-refractivity contribution in [3.05, 3.63) is 28.8 Å². The highest BCUT2D eigenvalue weighted by Gasteiger charge is 2.25. The van der Waals surface area contributed by atoms with Gasteiger partial charge in [-0.15, -0.1) is 0 Å². The first-order chi connectivity index (χ1) is 8.67. The number of halogens is 1. The van der Waals surface area contributed by atoms with Crippen LogP contribution in [0.5, 0.6) is 0 Å². The van der Waals surface area contributed by atoms with Crippen LogP contribution in [0.4, 0.5) is 5.69 Å². The van der Waals surface area contributed by atoms with Crippen LogP contribution in [0.25, 0.3) is 0 Å². The van der Waals surface area contributed by atoms with Crippen molar-refractivity contribution < 1.29 is 5.21 Å². The fraction of sp³-hybridized carbons (Fsp3) is 0.462. The first-order valence-corrected chi connectivity index (χ1v) is 6.59. The predicted octanol–water partition coefficient (Wildman–Crippen LogP) is 2.81. The van der Waals surface area contributed by atoms with E-state index in [9.17, 15) is 0 Å². The summed E-state index contributed by atoms with van der Waals surface area (Å²) in [5, 5.41) is 12.6. The number of benzene rings is 1. The molecule has 0 bridgehead atoms. The Balaban J connectivity index is 2.44. The molecule has 0 spiro atoms. The zero-order chi connectivity index (χ0) is 13.1. The summed E-state index contributed by atoms with van der Waals surface area (Å²) < 4.78 is 0. The fourth-order valence-electron chi connectivity index (χ4n) is 2.59. The van der Waals surface area contributed by atoms with Crippen LogP contribution in [0, 0.1) is 0 Å². The maximum Gasteiger partial charge on any atom is 0.172 e. The van der Waals surface area contributed by atoms with Gasteiger partial charge < -0.3 is 15.8 Å². The van der Waals surface area contributed by atoms with Crippen LogP contribution in [-0.2, 0) is 0 Å². The molecule has 1 aliphatic rings. The van der Waals surface area contributed by atoms with Crippen molar-refractivity contribution in [2.24, 2.45) is 10.9 Å². The van der Waals surface area contributed by atoms with E-state index in [2.05, 4.69) is 17.0 Å². The second kappa shape index (κ2) is 5.48. The van der Waals surface area contributed by atoms with Crippen LogP contribution in [0.15, 0.2) is 23.4 Å². The topological polar surface area (TPSA) is 61.8 Å². The van der Waals surface area contributed by atoms with E-state index in [4.69, 9.17) is 22.5 Å². The Morgan fingerprint density at radius 3 is 3.06 bits per heavy atom. The van der Waals surface area contributed by atoms with Crippen molar-refractivity contribution in [1.82, 2.24) is 0 Å². The van der Waals surface area contributed by atoms with E-state index >= 15 is 0 Å². The zero-order valence-electron chi connectivity index (χ0n) is 10.4. The summed E-state index contributed by atoms with van der Waals surface area (Å²) in [6, 6.07) is 5.96. The van der Waals surface area contributed by atoms with Gasteiger partial charge in [0.2, 0.25) is 0 Å². The summed E-state index contributed by atoms with van der Waals surface area (Å²) in [4.78, 5) is 2.30. The molecule has 1 aromatic carbocycles. The first-order valence-electron chi connectivity index (χ1n) is 6.21. The summed E-state index contributed by atoms with van der Waals surface area (Å²) in [6.07, 6.45) is 3.43. The van der Waals surface area contributed by atoms with E-state index in [-0.39, 0.29) is 5.84 Å². The van der Waals surface area contributed by atoms with Crippen LogP contribution in [0.1, 0.15) is 31.7 Å². The van der Waals surface area contributed by atoms with Gasteiger partial charge in [-0.05, 0) is 37.5 Å². The normalized spacial score (nSPS) is 20.4. The van der Waals surface area contributed by atoms with Crippen molar-refractivity contribution >= 4 is 23.1 Å². The predicted molar refractivity (Wildman–Crippen MR) is 74.6 cm³/mol. The lowest BCUT2D eigenvalue weighted by Crippen LogP contribution is -2.31. The maximum atomic E-state index is 8.86.